The summed E-state index contributed by atoms with van der Waals surface area (Å²) < 4.78 is 39.9. The van der Waals surface area contributed by atoms with Gasteiger partial charge in [0.1, 0.15) is 6.54 Å². The molecule has 1 heterocycles. The minimum atomic E-state index is -4.42. The van der Waals surface area contributed by atoms with Crippen molar-refractivity contribution in [1.29, 1.82) is 0 Å². The number of hydrogen-bond donors (Lipinski definition) is 2. The maximum absolute atomic E-state index is 11.7. The van der Waals surface area contributed by atoms with Crippen LogP contribution in [0, 0.1) is 6.92 Å². The van der Waals surface area contributed by atoms with Crippen LogP contribution in [-0.4, -0.2) is 23.9 Å². The Bertz CT molecular complexity index is 362. The molecule has 0 saturated carbocycles. The summed E-state index contributed by atoms with van der Waals surface area (Å²) in [5.41, 5.74) is 0.632. The number of urea groups is 1. The molecule has 5 nitrogen and oxygen atoms in total. The highest BCUT2D eigenvalue weighted by Crippen LogP contribution is 2.11. The highest BCUT2D eigenvalue weighted by Gasteiger charge is 2.27. The van der Waals surface area contributed by atoms with Crippen LogP contribution in [0.15, 0.2) is 10.6 Å². The molecule has 0 aliphatic carbocycles. The Kier molecular flexibility index (Phi) is 3.75. The maximum Gasteiger partial charge on any atom is 0.405 e. The zero-order valence-electron chi connectivity index (χ0n) is 8.39. The third kappa shape index (κ3) is 4.67. The molecule has 0 aliphatic heterocycles. The molecule has 0 unspecified atom stereocenters. The van der Waals surface area contributed by atoms with Gasteiger partial charge in [-0.3, -0.25) is 0 Å². The minimum Gasteiger partial charge on any atom is -0.359 e. The fourth-order valence-electron chi connectivity index (χ4n) is 0.910. The van der Waals surface area contributed by atoms with Gasteiger partial charge < -0.3 is 15.2 Å². The van der Waals surface area contributed by atoms with Crippen LogP contribution in [0.3, 0.4) is 0 Å². The Morgan fingerprint density at radius 3 is 2.69 bits per heavy atom. The van der Waals surface area contributed by atoms with Crippen LogP contribution in [0.5, 0.6) is 0 Å². The molecule has 90 valence electrons. The lowest BCUT2D eigenvalue weighted by Gasteiger charge is -2.08. The van der Waals surface area contributed by atoms with Crippen molar-refractivity contribution in [3.63, 3.8) is 0 Å². The smallest absolute Gasteiger partial charge is 0.359 e. The van der Waals surface area contributed by atoms with Gasteiger partial charge in [0.25, 0.3) is 0 Å². The summed E-state index contributed by atoms with van der Waals surface area (Å²) in [4.78, 5) is 10.9. The van der Waals surface area contributed by atoms with E-state index in [1.54, 1.807) is 18.3 Å². The van der Waals surface area contributed by atoms with Crippen molar-refractivity contribution in [2.24, 2.45) is 0 Å². The second kappa shape index (κ2) is 4.86. The largest absolute Gasteiger partial charge is 0.405 e. The van der Waals surface area contributed by atoms with Crippen molar-refractivity contribution >= 4 is 6.03 Å². The molecule has 0 radical (unpaired) electrons. The maximum atomic E-state index is 11.7. The summed E-state index contributed by atoms with van der Waals surface area (Å²) >= 11 is 0. The first-order valence-electron chi connectivity index (χ1n) is 4.37. The van der Waals surface area contributed by atoms with Gasteiger partial charge in [0.15, 0.2) is 5.76 Å². The van der Waals surface area contributed by atoms with Gasteiger partial charge in [-0.15, -0.1) is 0 Å². The fraction of sp³-hybridized carbons (Fsp3) is 0.500. The minimum absolute atomic E-state index is 0.00939. The Balaban J connectivity index is 2.25. The number of carbonyl (C=O) groups is 1. The van der Waals surface area contributed by atoms with Gasteiger partial charge >= 0.3 is 12.2 Å². The number of alkyl halides is 3. The first kappa shape index (κ1) is 12.3. The number of rotatable bonds is 3. The van der Waals surface area contributed by atoms with E-state index >= 15 is 0 Å². The molecule has 1 aromatic heterocycles. The Hall–Kier alpha value is -1.73. The van der Waals surface area contributed by atoms with Crippen molar-refractivity contribution in [3.05, 3.63) is 17.5 Å². The SMILES string of the molecule is Cc1cc(CNC(=O)NCC(F)(F)F)on1. The van der Waals surface area contributed by atoms with E-state index in [1.807, 2.05) is 0 Å². The van der Waals surface area contributed by atoms with E-state index < -0.39 is 18.8 Å². The summed E-state index contributed by atoms with van der Waals surface area (Å²) in [6.45, 7) is 0.315. The molecule has 1 aromatic rings. The molecular weight excluding hydrogens is 227 g/mol. The molecule has 2 amide bonds. The second-order valence-electron chi connectivity index (χ2n) is 3.09. The van der Waals surface area contributed by atoms with Crippen LogP contribution in [0.2, 0.25) is 0 Å². The lowest BCUT2D eigenvalue weighted by atomic mass is 10.4. The average molecular weight is 237 g/mol. The van der Waals surface area contributed by atoms with Crippen LogP contribution in [0.4, 0.5) is 18.0 Å². The van der Waals surface area contributed by atoms with E-state index in [1.165, 1.54) is 0 Å². The lowest BCUT2D eigenvalue weighted by Crippen LogP contribution is -2.40. The third-order valence-corrected chi connectivity index (χ3v) is 1.55. The predicted molar refractivity (Wildman–Crippen MR) is 47.5 cm³/mol. The standard InChI is InChI=1S/C8H10F3N3O2/c1-5-2-6(16-14-5)3-12-7(15)13-4-8(9,10)11/h2H,3-4H2,1H3,(H2,12,13,15). The Labute approximate surface area is 89.0 Å². The average Bonchev–Trinajstić information content (AvgIpc) is 2.57. The summed E-state index contributed by atoms with van der Waals surface area (Å²) in [6.07, 6.45) is -4.42. The molecule has 0 aliphatic rings. The zero-order valence-corrected chi connectivity index (χ0v) is 8.39. The van der Waals surface area contributed by atoms with E-state index in [0.29, 0.717) is 11.5 Å². The van der Waals surface area contributed by atoms with Gasteiger partial charge in [-0.1, -0.05) is 5.16 Å². The molecule has 16 heavy (non-hydrogen) atoms. The Morgan fingerprint density at radius 2 is 2.19 bits per heavy atom. The van der Waals surface area contributed by atoms with Crippen molar-refractivity contribution < 1.29 is 22.5 Å². The molecule has 0 saturated heterocycles. The molecule has 0 spiro atoms. The Morgan fingerprint density at radius 1 is 1.50 bits per heavy atom. The van der Waals surface area contributed by atoms with Crippen molar-refractivity contribution in [2.75, 3.05) is 6.54 Å². The third-order valence-electron chi connectivity index (χ3n) is 1.55. The van der Waals surface area contributed by atoms with E-state index in [0.717, 1.165) is 0 Å². The molecular formula is C8H10F3N3O2. The number of hydrogen-bond acceptors (Lipinski definition) is 3. The topological polar surface area (TPSA) is 67.2 Å². The van der Waals surface area contributed by atoms with E-state index in [4.69, 9.17) is 4.52 Å². The van der Waals surface area contributed by atoms with Gasteiger partial charge in [-0.25, -0.2) is 4.79 Å². The van der Waals surface area contributed by atoms with Crippen LogP contribution in [0.1, 0.15) is 11.5 Å². The van der Waals surface area contributed by atoms with Crippen molar-refractivity contribution in [1.82, 2.24) is 15.8 Å². The number of nitrogens with one attached hydrogen (secondary N) is 2. The van der Waals surface area contributed by atoms with E-state index in [-0.39, 0.29) is 6.54 Å². The number of carbonyl (C=O) groups excluding carboxylic acids is 1. The molecule has 8 heteroatoms. The van der Waals surface area contributed by atoms with E-state index in [2.05, 4.69) is 10.5 Å². The number of nitrogens with zero attached hydrogens (tertiary/aromatic N) is 1. The molecule has 0 fully saturated rings. The lowest BCUT2D eigenvalue weighted by molar-refractivity contribution is -0.122. The first-order chi connectivity index (χ1) is 7.37. The van der Waals surface area contributed by atoms with Crippen LogP contribution in [-0.2, 0) is 6.54 Å². The summed E-state index contributed by atoms with van der Waals surface area (Å²) in [7, 11) is 0. The van der Waals surface area contributed by atoms with Gasteiger partial charge in [0.2, 0.25) is 0 Å². The summed E-state index contributed by atoms with van der Waals surface area (Å²) in [5.74, 6) is 0.375. The summed E-state index contributed by atoms with van der Waals surface area (Å²) in [6, 6.07) is 0.663. The highest BCUT2D eigenvalue weighted by molar-refractivity contribution is 5.73. The highest BCUT2D eigenvalue weighted by atomic mass is 19.4. The fourth-order valence-corrected chi connectivity index (χ4v) is 0.910. The van der Waals surface area contributed by atoms with Crippen molar-refractivity contribution in [2.45, 2.75) is 19.6 Å². The van der Waals surface area contributed by atoms with Crippen molar-refractivity contribution in [3.8, 4) is 0 Å². The molecule has 0 atom stereocenters. The molecule has 0 bridgehead atoms. The van der Waals surface area contributed by atoms with Crippen LogP contribution < -0.4 is 10.6 Å². The number of halogens is 3. The zero-order chi connectivity index (χ0) is 12.2. The van der Waals surface area contributed by atoms with Gasteiger partial charge in [-0.05, 0) is 6.92 Å². The molecule has 2 N–H and O–H groups in total. The van der Waals surface area contributed by atoms with E-state index in [9.17, 15) is 18.0 Å². The van der Waals surface area contributed by atoms with Gasteiger partial charge in [0.05, 0.1) is 12.2 Å². The number of aryl methyl sites for hydroxylation is 1. The van der Waals surface area contributed by atoms with Gasteiger partial charge in [-0.2, -0.15) is 13.2 Å². The second-order valence-corrected chi connectivity index (χ2v) is 3.09. The normalized spacial score (nSPS) is 11.2. The number of aromatic nitrogens is 1. The molecule has 0 aromatic carbocycles. The monoisotopic (exact) mass is 237 g/mol. The summed E-state index contributed by atoms with van der Waals surface area (Å²) in [5, 5.41) is 7.42. The van der Waals surface area contributed by atoms with Gasteiger partial charge in [0, 0.05) is 6.07 Å². The quantitative estimate of drug-likeness (QED) is 0.833. The number of amides is 2. The predicted octanol–water partition coefficient (Wildman–Crippen LogP) is 1.34. The molecule has 1 rings (SSSR count). The first-order valence-corrected chi connectivity index (χ1v) is 4.37. The van der Waals surface area contributed by atoms with Crippen LogP contribution >= 0.6 is 0 Å². The van der Waals surface area contributed by atoms with Crippen LogP contribution in [0.25, 0.3) is 0 Å².